The van der Waals surface area contributed by atoms with E-state index in [1.807, 2.05) is 10.6 Å². The molecule has 2 heterocycles. The standard InChI is InChI=1S/C14H11BrFN3OS/c1-20-13-3-2-8(6-17-13)7-19-12-4-9(15)10(16)5-11(12)18-14(19)21/h2-6H,7H2,1H3,(H,18,21). The fourth-order valence-electron chi connectivity index (χ4n) is 2.12. The van der Waals surface area contributed by atoms with Crippen LogP contribution in [-0.4, -0.2) is 21.6 Å². The van der Waals surface area contributed by atoms with Crippen molar-refractivity contribution in [1.29, 1.82) is 0 Å². The highest BCUT2D eigenvalue weighted by Gasteiger charge is 2.09. The summed E-state index contributed by atoms with van der Waals surface area (Å²) >= 11 is 8.51. The van der Waals surface area contributed by atoms with Crippen molar-refractivity contribution in [3.05, 3.63) is 51.1 Å². The van der Waals surface area contributed by atoms with Crippen LogP contribution in [0.15, 0.2) is 34.9 Å². The summed E-state index contributed by atoms with van der Waals surface area (Å²) in [6.45, 7) is 0.550. The number of rotatable bonds is 3. The molecule has 2 aromatic heterocycles. The number of hydrogen-bond acceptors (Lipinski definition) is 3. The smallest absolute Gasteiger partial charge is 0.212 e. The third-order valence-corrected chi connectivity index (χ3v) is 4.09. The summed E-state index contributed by atoms with van der Waals surface area (Å²) in [5.74, 6) is 0.239. The molecule has 108 valence electrons. The number of ether oxygens (including phenoxy) is 1. The Kier molecular flexibility index (Phi) is 3.77. The molecule has 0 amide bonds. The fraction of sp³-hybridized carbons (Fsp3) is 0.143. The maximum absolute atomic E-state index is 13.6. The van der Waals surface area contributed by atoms with Gasteiger partial charge in [0, 0.05) is 18.3 Å². The Morgan fingerprint density at radius 1 is 1.43 bits per heavy atom. The van der Waals surface area contributed by atoms with Gasteiger partial charge in [-0.15, -0.1) is 0 Å². The molecule has 0 aliphatic carbocycles. The molecule has 4 nitrogen and oxygen atoms in total. The lowest BCUT2D eigenvalue weighted by Gasteiger charge is -2.06. The van der Waals surface area contributed by atoms with E-state index in [-0.39, 0.29) is 5.82 Å². The van der Waals surface area contributed by atoms with Crippen molar-refractivity contribution < 1.29 is 9.13 Å². The molecule has 1 aromatic carbocycles. The number of pyridine rings is 1. The van der Waals surface area contributed by atoms with Gasteiger partial charge in [-0.05, 0) is 39.8 Å². The third kappa shape index (κ3) is 2.71. The molecule has 3 aromatic rings. The van der Waals surface area contributed by atoms with E-state index in [1.165, 1.54) is 6.07 Å². The lowest BCUT2D eigenvalue weighted by Crippen LogP contribution is -2.00. The van der Waals surface area contributed by atoms with Crippen molar-refractivity contribution in [3.63, 3.8) is 0 Å². The van der Waals surface area contributed by atoms with Crippen LogP contribution in [0.25, 0.3) is 11.0 Å². The molecule has 21 heavy (non-hydrogen) atoms. The van der Waals surface area contributed by atoms with Crippen LogP contribution in [0.3, 0.4) is 0 Å². The van der Waals surface area contributed by atoms with Crippen molar-refractivity contribution in [3.8, 4) is 5.88 Å². The highest BCUT2D eigenvalue weighted by molar-refractivity contribution is 9.10. The number of aromatic nitrogens is 3. The molecule has 7 heteroatoms. The van der Waals surface area contributed by atoms with Gasteiger partial charge >= 0.3 is 0 Å². The van der Waals surface area contributed by atoms with E-state index in [9.17, 15) is 4.39 Å². The van der Waals surface area contributed by atoms with Crippen LogP contribution in [0.5, 0.6) is 5.88 Å². The second-order valence-corrected chi connectivity index (χ2v) is 5.75. The predicted molar refractivity (Wildman–Crippen MR) is 84.7 cm³/mol. The van der Waals surface area contributed by atoms with Gasteiger partial charge in [0.05, 0.1) is 29.2 Å². The van der Waals surface area contributed by atoms with Gasteiger partial charge in [0.1, 0.15) is 5.82 Å². The van der Waals surface area contributed by atoms with Gasteiger partial charge in [0.25, 0.3) is 0 Å². The molecule has 0 saturated heterocycles. The van der Waals surface area contributed by atoms with Gasteiger partial charge in [-0.25, -0.2) is 9.37 Å². The van der Waals surface area contributed by atoms with E-state index in [0.717, 1.165) is 11.1 Å². The third-order valence-electron chi connectivity index (χ3n) is 3.16. The maximum Gasteiger partial charge on any atom is 0.212 e. The summed E-state index contributed by atoms with van der Waals surface area (Å²) in [5, 5.41) is 0. The van der Waals surface area contributed by atoms with Crippen molar-refractivity contribution in [2.24, 2.45) is 0 Å². The molecule has 0 fully saturated rings. The van der Waals surface area contributed by atoms with Crippen molar-refractivity contribution >= 4 is 39.2 Å². The largest absolute Gasteiger partial charge is 0.481 e. The predicted octanol–water partition coefficient (Wildman–Crippen LogP) is 4.05. The second kappa shape index (κ2) is 5.57. The molecule has 0 aliphatic rings. The highest BCUT2D eigenvalue weighted by Crippen LogP contribution is 2.24. The number of halogens is 2. The molecule has 1 N–H and O–H groups in total. The van der Waals surface area contributed by atoms with Crippen molar-refractivity contribution in [2.75, 3.05) is 7.11 Å². The van der Waals surface area contributed by atoms with Crippen LogP contribution in [0.4, 0.5) is 4.39 Å². The first-order valence-electron chi connectivity index (χ1n) is 6.15. The van der Waals surface area contributed by atoms with E-state index in [0.29, 0.717) is 27.2 Å². The zero-order valence-corrected chi connectivity index (χ0v) is 13.5. The van der Waals surface area contributed by atoms with Crippen LogP contribution in [0.1, 0.15) is 5.56 Å². The lowest BCUT2D eigenvalue weighted by molar-refractivity contribution is 0.397. The SMILES string of the molecule is COc1ccc(Cn2c(=S)[nH]c3cc(F)c(Br)cc32)cn1. The molecule has 0 spiro atoms. The Labute approximate surface area is 133 Å². The normalized spacial score (nSPS) is 11.0. The minimum Gasteiger partial charge on any atom is -0.481 e. The Morgan fingerprint density at radius 2 is 2.24 bits per heavy atom. The average molecular weight is 368 g/mol. The summed E-state index contributed by atoms with van der Waals surface area (Å²) in [7, 11) is 1.57. The van der Waals surface area contributed by atoms with Crippen LogP contribution < -0.4 is 4.74 Å². The van der Waals surface area contributed by atoms with E-state index < -0.39 is 0 Å². The monoisotopic (exact) mass is 367 g/mol. The van der Waals surface area contributed by atoms with Crippen LogP contribution in [0, 0.1) is 10.6 Å². The van der Waals surface area contributed by atoms with Crippen LogP contribution in [0.2, 0.25) is 0 Å². The number of nitrogens with one attached hydrogen (secondary N) is 1. The van der Waals surface area contributed by atoms with Crippen molar-refractivity contribution in [1.82, 2.24) is 14.5 Å². The van der Waals surface area contributed by atoms with Gasteiger partial charge in [-0.3, -0.25) is 0 Å². The van der Waals surface area contributed by atoms with Gasteiger partial charge in [-0.2, -0.15) is 0 Å². The number of hydrogen-bond donors (Lipinski definition) is 1. The average Bonchev–Trinajstić information content (AvgIpc) is 2.76. The minimum atomic E-state index is -0.322. The first kappa shape index (κ1) is 14.2. The Bertz CT molecular complexity index is 857. The van der Waals surface area contributed by atoms with E-state index in [2.05, 4.69) is 25.9 Å². The number of H-pyrrole nitrogens is 1. The molecular weight excluding hydrogens is 357 g/mol. The van der Waals surface area contributed by atoms with Gasteiger partial charge < -0.3 is 14.3 Å². The number of methoxy groups -OCH3 is 1. The summed E-state index contributed by atoms with van der Waals surface area (Å²) in [5.41, 5.74) is 2.49. The number of imidazole rings is 1. The summed E-state index contributed by atoms with van der Waals surface area (Å²) in [6, 6.07) is 6.86. The number of fused-ring (bicyclic) bond motifs is 1. The zero-order valence-electron chi connectivity index (χ0n) is 11.1. The topological polar surface area (TPSA) is 42.8 Å². The first-order valence-corrected chi connectivity index (χ1v) is 7.35. The van der Waals surface area contributed by atoms with Crippen molar-refractivity contribution in [2.45, 2.75) is 6.54 Å². The molecule has 0 aliphatic heterocycles. The van der Waals surface area contributed by atoms with E-state index >= 15 is 0 Å². The van der Waals surface area contributed by atoms with Gasteiger partial charge in [-0.1, -0.05) is 6.07 Å². The first-order chi connectivity index (χ1) is 10.1. The van der Waals surface area contributed by atoms with Crippen LogP contribution in [-0.2, 0) is 6.54 Å². The summed E-state index contributed by atoms with van der Waals surface area (Å²) in [4.78, 5) is 7.18. The van der Waals surface area contributed by atoms with Gasteiger partial charge in [0.2, 0.25) is 5.88 Å². The lowest BCUT2D eigenvalue weighted by atomic mass is 10.2. The molecular formula is C14H11BrFN3OS. The molecule has 0 unspecified atom stereocenters. The number of benzene rings is 1. The molecule has 0 radical (unpaired) electrons. The number of nitrogens with zero attached hydrogens (tertiary/aromatic N) is 2. The summed E-state index contributed by atoms with van der Waals surface area (Å²) < 4.78 is 21.4. The van der Waals surface area contributed by atoms with Crippen LogP contribution >= 0.6 is 28.1 Å². The Hall–Kier alpha value is -1.73. The summed E-state index contributed by atoms with van der Waals surface area (Å²) in [6.07, 6.45) is 1.73. The molecule has 3 rings (SSSR count). The number of aromatic amines is 1. The van der Waals surface area contributed by atoms with Gasteiger partial charge in [0.15, 0.2) is 4.77 Å². The highest BCUT2D eigenvalue weighted by atomic mass is 79.9. The molecule has 0 atom stereocenters. The molecule has 0 saturated carbocycles. The Morgan fingerprint density at radius 3 is 2.90 bits per heavy atom. The second-order valence-electron chi connectivity index (χ2n) is 4.51. The molecule has 0 bridgehead atoms. The van der Waals surface area contributed by atoms with E-state index in [4.69, 9.17) is 17.0 Å². The minimum absolute atomic E-state index is 0.322. The maximum atomic E-state index is 13.6. The zero-order chi connectivity index (χ0) is 15.0. The quantitative estimate of drug-likeness (QED) is 0.710. The Balaban J connectivity index is 2.05. The van der Waals surface area contributed by atoms with E-state index in [1.54, 1.807) is 25.4 Å². The fourth-order valence-corrected chi connectivity index (χ4v) is 2.72.